The quantitative estimate of drug-likeness (QED) is 0.500. The van der Waals surface area contributed by atoms with Gasteiger partial charge >= 0.3 is 0 Å². The van der Waals surface area contributed by atoms with E-state index in [4.69, 9.17) is 4.74 Å². The molecule has 134 valence electrons. The van der Waals surface area contributed by atoms with Gasteiger partial charge in [0.1, 0.15) is 5.75 Å². The number of benzene rings is 2. The maximum absolute atomic E-state index is 11.9. The van der Waals surface area contributed by atoms with Crippen LogP contribution in [0.15, 0.2) is 60.8 Å². The van der Waals surface area contributed by atoms with E-state index in [0.29, 0.717) is 17.9 Å². The maximum Gasteiger partial charge on any atom is 0.257 e. The Hall–Kier alpha value is -3.08. The first-order chi connectivity index (χ1) is 12.6. The lowest BCUT2D eigenvalue weighted by Crippen LogP contribution is -2.30. The first-order valence-corrected chi connectivity index (χ1v) is 8.68. The summed E-state index contributed by atoms with van der Waals surface area (Å²) in [5.41, 5.74) is 1.77. The number of ether oxygens (including phenoxy) is 1. The summed E-state index contributed by atoms with van der Waals surface area (Å²) in [7, 11) is 0. The molecule has 1 amide bonds. The molecule has 3 aromatic rings. The highest BCUT2D eigenvalue weighted by atomic mass is 16.5. The third-order valence-corrected chi connectivity index (χ3v) is 4.19. The van der Waals surface area contributed by atoms with Crippen LogP contribution in [0, 0.1) is 0 Å². The van der Waals surface area contributed by atoms with E-state index < -0.39 is 0 Å². The fraction of sp³-hybridized carbons (Fsp3) is 0.238. The summed E-state index contributed by atoms with van der Waals surface area (Å²) in [6.45, 7) is 2.87. The maximum atomic E-state index is 11.9. The molecular formula is C21H22N2O3. The molecule has 1 aromatic heterocycles. The zero-order valence-corrected chi connectivity index (χ0v) is 14.8. The Bertz CT molecular complexity index is 914. The van der Waals surface area contributed by atoms with E-state index in [0.717, 1.165) is 13.0 Å². The second-order valence-corrected chi connectivity index (χ2v) is 6.14. The standard InChI is InChI=1S/C21H22N2O3/c1-16(24)18-7-4-8-19(14-18)26-15-21(25)22-11-5-12-23-13-10-17-6-2-3-9-20(17)23/h2-4,6-10,13-14H,5,11-12,15H2,1H3,(H,22,25). The number of carbonyl (C=O) groups is 2. The monoisotopic (exact) mass is 350 g/mol. The van der Waals surface area contributed by atoms with E-state index in [1.54, 1.807) is 24.3 Å². The topological polar surface area (TPSA) is 60.3 Å². The highest BCUT2D eigenvalue weighted by Crippen LogP contribution is 2.15. The molecule has 2 aromatic carbocycles. The van der Waals surface area contributed by atoms with Crippen molar-refractivity contribution < 1.29 is 14.3 Å². The van der Waals surface area contributed by atoms with Crippen molar-refractivity contribution in [3.05, 3.63) is 66.4 Å². The Morgan fingerprint density at radius 3 is 2.77 bits per heavy atom. The number of ketones is 1. The molecule has 5 heteroatoms. The van der Waals surface area contributed by atoms with E-state index in [9.17, 15) is 9.59 Å². The Kier molecular flexibility index (Phi) is 5.69. The third kappa shape index (κ3) is 4.51. The molecule has 0 aliphatic heterocycles. The van der Waals surface area contributed by atoms with E-state index in [1.807, 2.05) is 12.1 Å². The van der Waals surface area contributed by atoms with Crippen LogP contribution >= 0.6 is 0 Å². The lowest BCUT2D eigenvalue weighted by molar-refractivity contribution is -0.123. The van der Waals surface area contributed by atoms with Crippen LogP contribution in [0.5, 0.6) is 5.75 Å². The van der Waals surface area contributed by atoms with E-state index in [-0.39, 0.29) is 18.3 Å². The second-order valence-electron chi connectivity index (χ2n) is 6.14. The van der Waals surface area contributed by atoms with Crippen molar-refractivity contribution >= 4 is 22.6 Å². The smallest absolute Gasteiger partial charge is 0.257 e. The lowest BCUT2D eigenvalue weighted by Gasteiger charge is -2.09. The first-order valence-electron chi connectivity index (χ1n) is 8.68. The SMILES string of the molecule is CC(=O)c1cccc(OCC(=O)NCCCn2ccc3ccccc32)c1. The largest absolute Gasteiger partial charge is 0.484 e. The molecule has 0 saturated carbocycles. The summed E-state index contributed by atoms with van der Waals surface area (Å²) in [6.07, 6.45) is 2.90. The Morgan fingerprint density at radius 1 is 1.08 bits per heavy atom. The fourth-order valence-corrected chi connectivity index (χ4v) is 2.82. The van der Waals surface area contributed by atoms with Crippen molar-refractivity contribution in [1.29, 1.82) is 0 Å². The van der Waals surface area contributed by atoms with Crippen molar-refractivity contribution in [1.82, 2.24) is 9.88 Å². The first kappa shape index (κ1) is 17.7. The summed E-state index contributed by atoms with van der Waals surface area (Å²) >= 11 is 0. The average Bonchev–Trinajstić information content (AvgIpc) is 3.07. The van der Waals surface area contributed by atoms with Gasteiger partial charge in [0.2, 0.25) is 0 Å². The molecule has 26 heavy (non-hydrogen) atoms. The Morgan fingerprint density at radius 2 is 1.92 bits per heavy atom. The molecule has 0 fully saturated rings. The van der Waals surface area contributed by atoms with Crippen LogP contribution < -0.4 is 10.1 Å². The predicted octanol–water partition coefficient (Wildman–Crippen LogP) is 3.43. The number of nitrogens with one attached hydrogen (secondary N) is 1. The number of aromatic nitrogens is 1. The van der Waals surface area contributed by atoms with Crippen LogP contribution in [0.1, 0.15) is 23.7 Å². The molecule has 0 bridgehead atoms. The van der Waals surface area contributed by atoms with Crippen LogP contribution in [0.3, 0.4) is 0 Å². The molecule has 3 rings (SSSR count). The Balaban J connectivity index is 1.40. The van der Waals surface area contributed by atoms with Gasteiger partial charge in [0.05, 0.1) is 0 Å². The molecular weight excluding hydrogens is 328 g/mol. The van der Waals surface area contributed by atoms with Crippen molar-refractivity contribution in [2.75, 3.05) is 13.2 Å². The molecule has 0 saturated heterocycles. The van der Waals surface area contributed by atoms with Gasteiger partial charge in [0, 0.05) is 30.4 Å². The molecule has 0 atom stereocenters. The zero-order chi connectivity index (χ0) is 18.4. The van der Waals surface area contributed by atoms with Crippen LogP contribution in [-0.2, 0) is 11.3 Å². The minimum absolute atomic E-state index is 0.0302. The van der Waals surface area contributed by atoms with Gasteiger partial charge < -0.3 is 14.6 Å². The van der Waals surface area contributed by atoms with Gasteiger partial charge in [0.15, 0.2) is 12.4 Å². The second kappa shape index (κ2) is 8.34. The third-order valence-electron chi connectivity index (χ3n) is 4.19. The fourth-order valence-electron chi connectivity index (χ4n) is 2.82. The van der Waals surface area contributed by atoms with Crippen molar-refractivity contribution in [2.45, 2.75) is 19.9 Å². The van der Waals surface area contributed by atoms with Gasteiger partial charge in [-0.3, -0.25) is 9.59 Å². The summed E-state index contributed by atoms with van der Waals surface area (Å²) in [5, 5.41) is 4.08. The number of hydrogen-bond acceptors (Lipinski definition) is 3. The molecule has 0 unspecified atom stereocenters. The Labute approximate surface area is 152 Å². The number of nitrogens with zero attached hydrogens (tertiary/aromatic N) is 1. The minimum atomic E-state index is -0.171. The molecule has 1 heterocycles. The van der Waals surface area contributed by atoms with Crippen molar-refractivity contribution in [3.8, 4) is 5.75 Å². The number of fused-ring (bicyclic) bond motifs is 1. The van der Waals surface area contributed by atoms with Gasteiger partial charge in [-0.2, -0.15) is 0 Å². The number of carbonyl (C=O) groups excluding carboxylic acids is 2. The van der Waals surface area contributed by atoms with Crippen LogP contribution in [0.2, 0.25) is 0 Å². The van der Waals surface area contributed by atoms with Crippen LogP contribution in [0.25, 0.3) is 10.9 Å². The van der Waals surface area contributed by atoms with Gasteiger partial charge in [-0.15, -0.1) is 0 Å². The lowest BCUT2D eigenvalue weighted by atomic mass is 10.1. The number of Topliss-reactive ketones (excluding diaryl/α,β-unsaturated/α-hetero) is 1. The van der Waals surface area contributed by atoms with Gasteiger partial charge in [-0.1, -0.05) is 30.3 Å². The predicted molar refractivity (Wildman–Crippen MR) is 102 cm³/mol. The summed E-state index contributed by atoms with van der Waals surface area (Å²) < 4.78 is 7.64. The summed E-state index contributed by atoms with van der Waals surface area (Å²) in [5.74, 6) is 0.319. The highest BCUT2D eigenvalue weighted by Gasteiger charge is 2.05. The summed E-state index contributed by atoms with van der Waals surface area (Å²) in [4.78, 5) is 23.3. The van der Waals surface area contributed by atoms with E-state index in [2.05, 4.69) is 34.3 Å². The van der Waals surface area contributed by atoms with Crippen LogP contribution in [0.4, 0.5) is 0 Å². The van der Waals surface area contributed by atoms with Crippen molar-refractivity contribution in [3.63, 3.8) is 0 Å². The van der Waals surface area contributed by atoms with Gasteiger partial charge in [0.25, 0.3) is 5.91 Å². The minimum Gasteiger partial charge on any atom is -0.484 e. The zero-order valence-electron chi connectivity index (χ0n) is 14.8. The number of amides is 1. The highest BCUT2D eigenvalue weighted by molar-refractivity contribution is 5.94. The molecule has 0 radical (unpaired) electrons. The number of aryl methyl sites for hydroxylation is 1. The number of rotatable bonds is 8. The van der Waals surface area contributed by atoms with E-state index in [1.165, 1.54) is 17.8 Å². The number of hydrogen-bond donors (Lipinski definition) is 1. The van der Waals surface area contributed by atoms with Gasteiger partial charge in [-0.25, -0.2) is 0 Å². The molecule has 5 nitrogen and oxygen atoms in total. The van der Waals surface area contributed by atoms with Crippen molar-refractivity contribution in [2.24, 2.45) is 0 Å². The number of para-hydroxylation sites is 1. The van der Waals surface area contributed by atoms with Crippen LogP contribution in [-0.4, -0.2) is 29.4 Å². The summed E-state index contributed by atoms with van der Waals surface area (Å²) in [6, 6.07) is 17.2. The molecule has 0 aliphatic rings. The average molecular weight is 350 g/mol. The molecule has 0 aliphatic carbocycles. The van der Waals surface area contributed by atoms with E-state index >= 15 is 0 Å². The van der Waals surface area contributed by atoms with Gasteiger partial charge in [-0.05, 0) is 43.0 Å². The molecule has 1 N–H and O–H groups in total. The normalized spacial score (nSPS) is 10.7. The molecule has 0 spiro atoms.